The number of hydrogen-bond donors (Lipinski definition) is 0. The lowest BCUT2D eigenvalue weighted by Gasteiger charge is -2.26. The maximum atomic E-state index is 2.41. The molecule has 6 heterocycles. The molecule has 0 aliphatic carbocycles. The molecule has 7 heteroatoms. The molecule has 0 amide bonds. The second-order valence-corrected chi connectivity index (χ2v) is 37.3. The number of hydrogen-bond acceptors (Lipinski definition) is 1. The smallest absolute Gasteiger partial charge is 0.0562 e. The number of anilines is 3. The van der Waals surface area contributed by atoms with Crippen molar-refractivity contribution in [2.75, 3.05) is 4.90 Å². The van der Waals surface area contributed by atoms with Crippen LogP contribution in [0.25, 0.3) is 232 Å². The van der Waals surface area contributed by atoms with Gasteiger partial charge in [-0.1, -0.05) is 358 Å². The van der Waals surface area contributed by atoms with Gasteiger partial charge in [0.05, 0.1) is 71.9 Å². The van der Waals surface area contributed by atoms with E-state index in [4.69, 9.17) is 0 Å². The van der Waals surface area contributed by atoms with Crippen LogP contribution in [0.15, 0.2) is 564 Å². The summed E-state index contributed by atoms with van der Waals surface area (Å²) in [5, 5.41) is 15.0. The molecule has 0 atom stereocenters. The molecular formula is C138H93N7. The zero-order valence-corrected chi connectivity index (χ0v) is 79.3. The van der Waals surface area contributed by atoms with Crippen molar-refractivity contribution in [3.05, 3.63) is 564 Å². The maximum Gasteiger partial charge on any atom is 0.0562 e. The number of nitrogens with zero attached hydrogens (tertiary/aromatic N) is 7. The molecule has 0 aliphatic heterocycles. The average Bonchev–Trinajstić information content (AvgIpc) is 1.56. The standard InChI is InChI=1S/C48H33N3.C48H32N2.C42H28N2/c1-5-16-36(17-6-1)49(37-18-7-2-8-19-37)46-26-15-27-47-48(46)42-33-35(29-31-45(42)51(47)39-22-11-4-12-23-39)34-28-30-44-41(32-34)40-24-13-14-25-43(40)50(44)38-20-9-3-10-21-38;1-5-17-33(18-6-1)45-37(29-31-43-47(45)39-25-13-15-27-41(39)49(43)35-21-9-3-10-22-35)38-30-32-44-48(46(38)34-19-7-2-8-20-34)40-26-14-16-28-42(40)50(44)36-23-11-4-12-24-36;1-4-12-29(13-5-1)30-20-23-41-37(26-30)38-28-32(22-25-42(38)44(41)34-16-8-3-9-17-34)31-21-24-40-36(27-31)35-18-10-11-19-39(35)43(40)33-14-6-2-7-15-33/h1-33H;1-32H;1-28H. The van der Waals surface area contributed by atoms with Gasteiger partial charge in [0.15, 0.2) is 0 Å². The van der Waals surface area contributed by atoms with Gasteiger partial charge in [-0.3, -0.25) is 0 Å². The van der Waals surface area contributed by atoms with Gasteiger partial charge in [0.1, 0.15) is 0 Å². The molecule has 680 valence electrons. The van der Waals surface area contributed by atoms with E-state index >= 15 is 0 Å². The van der Waals surface area contributed by atoms with E-state index in [1.165, 1.54) is 215 Å². The summed E-state index contributed by atoms with van der Waals surface area (Å²) in [4.78, 5) is 2.38. The van der Waals surface area contributed by atoms with Crippen LogP contribution in [-0.4, -0.2) is 27.4 Å². The Bertz CT molecular complexity index is 9710. The summed E-state index contributed by atoms with van der Waals surface area (Å²) in [5.41, 5.74) is 39.4. The third-order valence-corrected chi connectivity index (χ3v) is 29.1. The first-order chi connectivity index (χ1) is 72.0. The number of rotatable bonds is 15. The number of para-hydroxylation sites is 12. The van der Waals surface area contributed by atoms with E-state index in [1.807, 2.05) is 0 Å². The van der Waals surface area contributed by atoms with Gasteiger partial charge in [-0.05, 0) is 273 Å². The second kappa shape index (κ2) is 36.1. The first kappa shape index (κ1) is 84.9. The zero-order chi connectivity index (χ0) is 95.8. The maximum absolute atomic E-state index is 2.41. The molecule has 7 nitrogen and oxygen atoms in total. The number of aromatic nitrogens is 6. The van der Waals surface area contributed by atoms with E-state index < -0.39 is 0 Å². The highest BCUT2D eigenvalue weighted by Crippen LogP contribution is 2.52. The fourth-order valence-electron chi connectivity index (χ4n) is 22.8. The van der Waals surface area contributed by atoms with Crippen LogP contribution in [0.2, 0.25) is 0 Å². The molecule has 0 saturated heterocycles. The quantitative estimate of drug-likeness (QED) is 0.101. The van der Waals surface area contributed by atoms with Crippen LogP contribution in [-0.2, 0) is 0 Å². The predicted octanol–water partition coefficient (Wildman–Crippen LogP) is 37.1. The van der Waals surface area contributed by atoms with Gasteiger partial charge < -0.3 is 32.3 Å². The molecule has 0 fully saturated rings. The summed E-state index contributed by atoms with van der Waals surface area (Å²) in [5.74, 6) is 0. The van der Waals surface area contributed by atoms with Crippen LogP contribution in [0, 0.1) is 0 Å². The third-order valence-electron chi connectivity index (χ3n) is 29.1. The molecule has 0 radical (unpaired) electrons. The van der Waals surface area contributed by atoms with Crippen LogP contribution in [0.3, 0.4) is 0 Å². The lowest BCUT2D eigenvalue weighted by molar-refractivity contribution is 1.18. The molecule has 0 saturated carbocycles. The molecule has 0 aliphatic rings. The molecule has 0 unspecified atom stereocenters. The lowest BCUT2D eigenvalue weighted by atomic mass is 9.85. The van der Waals surface area contributed by atoms with Crippen LogP contribution < -0.4 is 4.90 Å². The third kappa shape index (κ3) is 14.7. The van der Waals surface area contributed by atoms with E-state index in [9.17, 15) is 0 Å². The Labute approximate surface area is 839 Å². The van der Waals surface area contributed by atoms with E-state index in [1.54, 1.807) is 0 Å². The molecule has 6 aromatic heterocycles. The Hall–Kier alpha value is -19.3. The summed E-state index contributed by atoms with van der Waals surface area (Å²) >= 11 is 0. The molecule has 145 heavy (non-hydrogen) atoms. The normalized spacial score (nSPS) is 11.6. The zero-order valence-electron chi connectivity index (χ0n) is 79.3. The Balaban J connectivity index is 0.000000108. The van der Waals surface area contributed by atoms with Gasteiger partial charge in [-0.15, -0.1) is 0 Å². The monoisotopic (exact) mass is 1850 g/mol. The Morgan fingerprint density at radius 2 is 0.338 bits per heavy atom. The van der Waals surface area contributed by atoms with Crippen molar-refractivity contribution in [3.8, 4) is 101 Å². The van der Waals surface area contributed by atoms with E-state index in [0.29, 0.717) is 0 Å². The summed E-state index contributed by atoms with van der Waals surface area (Å²) in [6, 6.07) is 204. The molecule has 0 spiro atoms. The van der Waals surface area contributed by atoms with E-state index in [-0.39, 0.29) is 0 Å². The molecule has 29 rings (SSSR count). The average molecular weight is 1850 g/mol. The molecule has 29 aromatic rings. The van der Waals surface area contributed by atoms with E-state index in [2.05, 4.69) is 596 Å². The van der Waals surface area contributed by atoms with Gasteiger partial charge in [0, 0.05) is 110 Å². The highest BCUT2D eigenvalue weighted by Gasteiger charge is 2.29. The number of fused-ring (bicyclic) bond motifs is 18. The van der Waals surface area contributed by atoms with Crippen LogP contribution in [0.4, 0.5) is 17.1 Å². The van der Waals surface area contributed by atoms with Crippen molar-refractivity contribution in [2.24, 2.45) is 0 Å². The van der Waals surface area contributed by atoms with Crippen molar-refractivity contribution in [1.29, 1.82) is 0 Å². The van der Waals surface area contributed by atoms with Gasteiger partial charge in [-0.25, -0.2) is 0 Å². The SMILES string of the molecule is c1ccc(-c2c(-c3ccc4c(c3-c3ccccc3)c3ccccc3n4-c3ccccc3)ccc3c2c2ccccc2n3-c2ccccc2)cc1.c1ccc(-c2ccc3c(c2)c2cc(-c4ccc5c(c4)c4ccccc4n5-c4ccccc4)ccc2n3-c2ccccc2)cc1.c1ccc(N(c2ccccc2)c2cccc3c2c2cc(-c4ccc5c(c4)c4ccccc4n5-c4ccccc4)ccc2n3-c2ccccc2)cc1. The van der Waals surface area contributed by atoms with Crippen molar-refractivity contribution in [3.63, 3.8) is 0 Å². The van der Waals surface area contributed by atoms with Crippen molar-refractivity contribution in [1.82, 2.24) is 27.4 Å². The second-order valence-electron chi connectivity index (χ2n) is 37.3. The Morgan fingerprint density at radius 1 is 0.124 bits per heavy atom. The molecular weight excluding hydrogens is 1760 g/mol. The minimum Gasteiger partial charge on any atom is -0.310 e. The fraction of sp³-hybridized carbons (Fsp3) is 0. The summed E-state index contributed by atoms with van der Waals surface area (Å²) in [7, 11) is 0. The minimum absolute atomic E-state index is 1.12. The lowest BCUT2D eigenvalue weighted by Crippen LogP contribution is -2.10. The van der Waals surface area contributed by atoms with Gasteiger partial charge in [-0.2, -0.15) is 0 Å². The predicted molar refractivity (Wildman–Crippen MR) is 613 cm³/mol. The summed E-state index contributed by atoms with van der Waals surface area (Å²) in [6.45, 7) is 0. The summed E-state index contributed by atoms with van der Waals surface area (Å²) in [6.07, 6.45) is 0. The first-order valence-electron chi connectivity index (χ1n) is 49.8. The minimum atomic E-state index is 1.12. The topological polar surface area (TPSA) is 32.8 Å². The van der Waals surface area contributed by atoms with Crippen LogP contribution in [0.5, 0.6) is 0 Å². The van der Waals surface area contributed by atoms with Crippen molar-refractivity contribution >= 4 is 148 Å². The van der Waals surface area contributed by atoms with Crippen LogP contribution >= 0.6 is 0 Å². The van der Waals surface area contributed by atoms with Crippen molar-refractivity contribution in [2.45, 2.75) is 0 Å². The molecule has 0 bridgehead atoms. The fourth-order valence-corrected chi connectivity index (χ4v) is 22.8. The van der Waals surface area contributed by atoms with Gasteiger partial charge >= 0.3 is 0 Å². The van der Waals surface area contributed by atoms with Gasteiger partial charge in [0.2, 0.25) is 0 Å². The van der Waals surface area contributed by atoms with Crippen LogP contribution in [0.1, 0.15) is 0 Å². The molecule has 0 N–H and O–H groups in total. The van der Waals surface area contributed by atoms with Gasteiger partial charge in [0.25, 0.3) is 0 Å². The largest absolute Gasteiger partial charge is 0.310 e. The highest BCUT2D eigenvalue weighted by molar-refractivity contribution is 6.24. The summed E-state index contributed by atoms with van der Waals surface area (Å²) < 4.78 is 14.4. The number of benzene rings is 23. The van der Waals surface area contributed by atoms with Crippen molar-refractivity contribution < 1.29 is 0 Å². The highest BCUT2D eigenvalue weighted by atomic mass is 15.1. The first-order valence-corrected chi connectivity index (χ1v) is 49.8. The Kier molecular flexibility index (Phi) is 21.2. The van der Waals surface area contributed by atoms with E-state index in [0.717, 1.165) is 34.1 Å². The molecule has 23 aromatic carbocycles. The Morgan fingerprint density at radius 3 is 0.662 bits per heavy atom.